The third kappa shape index (κ3) is 2.51. The summed E-state index contributed by atoms with van der Waals surface area (Å²) in [6.45, 7) is 1.53. The van der Waals surface area contributed by atoms with E-state index in [0.29, 0.717) is 5.69 Å². The van der Waals surface area contributed by atoms with Gasteiger partial charge in [0.25, 0.3) is 5.56 Å². The smallest absolute Gasteiger partial charge is 0.327 e. The maximum Gasteiger partial charge on any atom is 0.327 e. The summed E-state index contributed by atoms with van der Waals surface area (Å²) in [7, 11) is 0. The molecule has 0 bridgehead atoms. The van der Waals surface area contributed by atoms with Gasteiger partial charge in [-0.05, 0) is 31.2 Å². The number of azo groups is 1. The zero-order valence-electron chi connectivity index (χ0n) is 9.47. The highest BCUT2D eigenvalue weighted by molar-refractivity contribution is 5.41. The SMILES string of the molecule is Cc1c(N=Nc2ccc(O)cc2)[nH]c(=O)[nH]c1=O. The molecule has 1 heterocycles. The number of nitrogens with zero attached hydrogens (tertiary/aromatic N) is 2. The van der Waals surface area contributed by atoms with E-state index in [9.17, 15) is 9.59 Å². The van der Waals surface area contributed by atoms with Crippen LogP contribution in [0.5, 0.6) is 5.75 Å². The molecule has 0 fully saturated rings. The number of hydrogen-bond donors (Lipinski definition) is 3. The van der Waals surface area contributed by atoms with Gasteiger partial charge in [0.05, 0.1) is 11.3 Å². The number of rotatable bonds is 2. The Hall–Kier alpha value is -2.70. The third-order valence-corrected chi connectivity index (χ3v) is 2.27. The van der Waals surface area contributed by atoms with Gasteiger partial charge < -0.3 is 5.11 Å². The van der Waals surface area contributed by atoms with Crippen LogP contribution in [-0.4, -0.2) is 15.1 Å². The molecule has 0 saturated heterocycles. The summed E-state index contributed by atoms with van der Waals surface area (Å²) in [5.74, 6) is 0.228. The summed E-state index contributed by atoms with van der Waals surface area (Å²) in [5.41, 5.74) is -0.367. The summed E-state index contributed by atoms with van der Waals surface area (Å²) in [5, 5.41) is 16.7. The van der Waals surface area contributed by atoms with Gasteiger partial charge in [-0.15, -0.1) is 10.2 Å². The minimum atomic E-state index is -0.634. The molecule has 0 aliphatic carbocycles. The molecule has 0 aliphatic heterocycles. The van der Waals surface area contributed by atoms with Crippen LogP contribution in [0.15, 0.2) is 44.1 Å². The van der Waals surface area contributed by atoms with Crippen LogP contribution in [0.25, 0.3) is 0 Å². The fourth-order valence-electron chi connectivity index (χ4n) is 1.26. The van der Waals surface area contributed by atoms with Gasteiger partial charge in [0, 0.05) is 0 Å². The lowest BCUT2D eigenvalue weighted by atomic mass is 10.3. The maximum atomic E-state index is 11.3. The topological polar surface area (TPSA) is 111 Å². The first-order valence-corrected chi connectivity index (χ1v) is 5.10. The second kappa shape index (κ2) is 4.66. The molecule has 0 unspecified atom stereocenters. The minimum absolute atomic E-state index is 0.108. The van der Waals surface area contributed by atoms with Gasteiger partial charge in [0.2, 0.25) is 0 Å². The number of hydrogen-bond acceptors (Lipinski definition) is 5. The van der Waals surface area contributed by atoms with Crippen molar-refractivity contribution in [2.45, 2.75) is 6.92 Å². The predicted octanol–water partition coefficient (Wildman–Crippen LogP) is 1.49. The van der Waals surface area contributed by atoms with Crippen LogP contribution < -0.4 is 11.2 Å². The van der Waals surface area contributed by atoms with Crippen LogP contribution in [-0.2, 0) is 0 Å². The molecule has 0 spiro atoms. The maximum absolute atomic E-state index is 11.3. The molecule has 0 atom stereocenters. The molecule has 1 aromatic carbocycles. The van der Waals surface area contributed by atoms with E-state index in [1.54, 1.807) is 12.1 Å². The fourth-order valence-corrected chi connectivity index (χ4v) is 1.26. The van der Waals surface area contributed by atoms with Crippen LogP contribution in [0, 0.1) is 6.92 Å². The number of aromatic amines is 2. The van der Waals surface area contributed by atoms with Crippen LogP contribution in [0.2, 0.25) is 0 Å². The zero-order valence-corrected chi connectivity index (χ0v) is 9.47. The van der Waals surface area contributed by atoms with E-state index in [-0.39, 0.29) is 17.1 Å². The Morgan fingerprint density at radius 3 is 2.39 bits per heavy atom. The average molecular weight is 246 g/mol. The van der Waals surface area contributed by atoms with Gasteiger partial charge in [-0.1, -0.05) is 0 Å². The van der Waals surface area contributed by atoms with Crippen LogP contribution in [0.4, 0.5) is 11.5 Å². The van der Waals surface area contributed by atoms with E-state index in [0.717, 1.165) is 0 Å². The van der Waals surface area contributed by atoms with Crippen LogP contribution in [0.3, 0.4) is 0 Å². The van der Waals surface area contributed by atoms with Gasteiger partial charge in [-0.2, -0.15) is 0 Å². The third-order valence-electron chi connectivity index (χ3n) is 2.27. The molecule has 3 N–H and O–H groups in total. The van der Waals surface area contributed by atoms with Crippen molar-refractivity contribution in [1.82, 2.24) is 9.97 Å². The van der Waals surface area contributed by atoms with E-state index in [1.165, 1.54) is 19.1 Å². The molecule has 0 aliphatic rings. The number of phenolic OH excluding ortho intramolecular Hbond substituents is 1. The van der Waals surface area contributed by atoms with Crippen molar-refractivity contribution in [2.24, 2.45) is 10.2 Å². The lowest BCUT2D eigenvalue weighted by molar-refractivity contribution is 0.475. The van der Waals surface area contributed by atoms with E-state index in [2.05, 4.69) is 20.2 Å². The van der Waals surface area contributed by atoms with Gasteiger partial charge in [0.1, 0.15) is 5.75 Å². The molecular formula is C11H10N4O3. The number of benzene rings is 1. The Morgan fingerprint density at radius 1 is 1.06 bits per heavy atom. The van der Waals surface area contributed by atoms with Crippen molar-refractivity contribution in [1.29, 1.82) is 0 Å². The fraction of sp³-hybridized carbons (Fsp3) is 0.0909. The molecule has 0 amide bonds. The van der Waals surface area contributed by atoms with E-state index < -0.39 is 11.2 Å². The second-order valence-electron chi connectivity index (χ2n) is 3.60. The van der Waals surface area contributed by atoms with Gasteiger partial charge >= 0.3 is 5.69 Å². The van der Waals surface area contributed by atoms with Crippen molar-refractivity contribution < 1.29 is 5.11 Å². The van der Waals surface area contributed by atoms with Gasteiger partial charge in [-0.25, -0.2) is 4.79 Å². The van der Waals surface area contributed by atoms with E-state index in [1.807, 2.05) is 0 Å². The first-order chi connectivity index (χ1) is 8.56. The van der Waals surface area contributed by atoms with Gasteiger partial charge in [0.15, 0.2) is 5.82 Å². The molecule has 92 valence electrons. The second-order valence-corrected chi connectivity index (χ2v) is 3.60. The number of aromatic nitrogens is 2. The lowest BCUT2D eigenvalue weighted by Crippen LogP contribution is -2.23. The molecule has 2 aromatic rings. The largest absolute Gasteiger partial charge is 0.508 e. The summed E-state index contributed by atoms with van der Waals surface area (Å²) >= 11 is 0. The number of nitrogens with one attached hydrogen (secondary N) is 2. The van der Waals surface area contributed by atoms with Gasteiger partial charge in [-0.3, -0.25) is 14.8 Å². The summed E-state index contributed by atoms with van der Waals surface area (Å²) in [6, 6.07) is 6.03. The highest BCUT2D eigenvalue weighted by Crippen LogP contribution is 2.19. The highest BCUT2D eigenvalue weighted by atomic mass is 16.3. The van der Waals surface area contributed by atoms with Crippen LogP contribution >= 0.6 is 0 Å². The van der Waals surface area contributed by atoms with Crippen molar-refractivity contribution in [2.75, 3.05) is 0 Å². The molecule has 0 saturated carbocycles. The van der Waals surface area contributed by atoms with Crippen LogP contribution in [0.1, 0.15) is 5.56 Å². The number of aromatic hydroxyl groups is 1. The molecule has 1 aromatic heterocycles. The zero-order chi connectivity index (χ0) is 13.1. The van der Waals surface area contributed by atoms with Crippen molar-refractivity contribution in [3.05, 3.63) is 50.7 Å². The number of phenols is 1. The van der Waals surface area contributed by atoms with Crippen molar-refractivity contribution >= 4 is 11.5 Å². The first kappa shape index (κ1) is 11.8. The van der Waals surface area contributed by atoms with E-state index >= 15 is 0 Å². The monoisotopic (exact) mass is 246 g/mol. The van der Waals surface area contributed by atoms with Crippen molar-refractivity contribution in [3.8, 4) is 5.75 Å². The Bertz CT molecular complexity index is 697. The van der Waals surface area contributed by atoms with E-state index in [4.69, 9.17) is 5.11 Å². The summed E-state index contributed by atoms with van der Waals surface area (Å²) < 4.78 is 0. The molecular weight excluding hydrogens is 236 g/mol. The first-order valence-electron chi connectivity index (χ1n) is 5.10. The number of H-pyrrole nitrogens is 2. The minimum Gasteiger partial charge on any atom is -0.508 e. The molecule has 18 heavy (non-hydrogen) atoms. The lowest BCUT2D eigenvalue weighted by Gasteiger charge is -1.96. The molecule has 2 rings (SSSR count). The highest BCUT2D eigenvalue weighted by Gasteiger charge is 2.02. The normalized spacial score (nSPS) is 10.9. The molecule has 0 radical (unpaired) electrons. The summed E-state index contributed by atoms with van der Waals surface area (Å²) in [4.78, 5) is 26.8. The Kier molecular flexibility index (Phi) is 3.05. The average Bonchev–Trinajstić information content (AvgIpc) is 2.34. The molecule has 7 nitrogen and oxygen atoms in total. The quantitative estimate of drug-likeness (QED) is 0.698. The standard InChI is InChI=1S/C11H10N4O3/c1-6-9(12-11(18)13-10(6)17)15-14-7-2-4-8(16)5-3-7/h2-5,16H,1H3,(H2,12,13,17,18). The van der Waals surface area contributed by atoms with Crippen molar-refractivity contribution in [3.63, 3.8) is 0 Å². The molecule has 7 heteroatoms. The summed E-state index contributed by atoms with van der Waals surface area (Å²) in [6.07, 6.45) is 0. The Labute approximate surface area is 101 Å². The Morgan fingerprint density at radius 2 is 1.72 bits per heavy atom. The predicted molar refractivity (Wildman–Crippen MR) is 64.7 cm³/mol. The Balaban J connectivity index is 2.37.